The number of hydrogen-bond donors (Lipinski definition) is 0. The number of esters is 3. The average molecular weight is 601 g/mol. The lowest BCUT2D eigenvalue weighted by molar-refractivity contribution is -0.227. The summed E-state index contributed by atoms with van der Waals surface area (Å²) in [7, 11) is 0. The van der Waals surface area contributed by atoms with Gasteiger partial charge in [-0.05, 0) is 63.5 Å². The fourth-order valence-electron chi connectivity index (χ4n) is 4.07. The molecule has 12 heteroatoms. The van der Waals surface area contributed by atoms with Crippen LogP contribution >= 0.6 is 0 Å². The van der Waals surface area contributed by atoms with Crippen molar-refractivity contribution in [3.05, 3.63) is 66.8 Å². The van der Waals surface area contributed by atoms with Crippen LogP contribution in [0.5, 0.6) is 5.75 Å². The highest BCUT2D eigenvalue weighted by Crippen LogP contribution is 2.40. The molecular formula is C30H36F4O8. The van der Waals surface area contributed by atoms with Crippen molar-refractivity contribution in [1.29, 1.82) is 0 Å². The normalized spacial score (nSPS) is 17.0. The lowest BCUT2D eigenvalue weighted by Crippen LogP contribution is -2.38. The molecule has 8 nitrogen and oxygen atoms in total. The minimum absolute atomic E-state index is 0.0590. The topological polar surface area (TPSA) is 97.4 Å². The summed E-state index contributed by atoms with van der Waals surface area (Å²) in [4.78, 5) is 34.0. The first kappa shape index (κ1) is 34.5. The lowest BCUT2D eigenvalue weighted by atomic mass is 9.86. The van der Waals surface area contributed by atoms with Crippen molar-refractivity contribution in [3.63, 3.8) is 0 Å². The van der Waals surface area contributed by atoms with Crippen LogP contribution in [0.4, 0.5) is 17.6 Å². The van der Waals surface area contributed by atoms with Crippen LogP contribution in [-0.2, 0) is 28.5 Å². The minimum atomic E-state index is -3.77. The van der Waals surface area contributed by atoms with E-state index in [4.69, 9.17) is 18.9 Å². The highest BCUT2D eigenvalue weighted by molar-refractivity contribution is 5.90. The van der Waals surface area contributed by atoms with E-state index in [0.29, 0.717) is 38.7 Å². The second-order valence-electron chi connectivity index (χ2n) is 9.38. The molecule has 0 aromatic heterocycles. The Morgan fingerprint density at radius 3 is 2.00 bits per heavy atom. The standard InChI is InChI=1S/C30H36F4O8/c1-3-25(35)39-18-8-6-5-7-17-38-22-13-11-21(12-14-22)30(33,34)42-24-16-15-23(27(31)28(24)32)29(37)41-20-10-9-19-40-26(36)4-2/h3-6,15-16,21-22H,1-2,7-14,17-20H2. The van der Waals surface area contributed by atoms with E-state index >= 15 is 0 Å². The molecule has 0 radical (unpaired) electrons. The van der Waals surface area contributed by atoms with E-state index in [2.05, 4.69) is 17.9 Å². The molecule has 0 spiro atoms. The van der Waals surface area contributed by atoms with Gasteiger partial charge in [-0.3, -0.25) is 0 Å². The summed E-state index contributed by atoms with van der Waals surface area (Å²) in [6.07, 6.45) is 4.45. The van der Waals surface area contributed by atoms with Crippen LogP contribution in [0.1, 0.15) is 61.7 Å². The summed E-state index contributed by atoms with van der Waals surface area (Å²) in [5, 5.41) is 0. The Bertz CT molecular complexity index is 1100. The lowest BCUT2D eigenvalue weighted by Gasteiger charge is -2.33. The van der Waals surface area contributed by atoms with Crippen molar-refractivity contribution in [2.75, 3.05) is 26.4 Å². The van der Waals surface area contributed by atoms with Crippen molar-refractivity contribution in [2.24, 2.45) is 5.92 Å². The third-order valence-electron chi connectivity index (χ3n) is 6.35. The molecule has 0 bridgehead atoms. The van der Waals surface area contributed by atoms with Gasteiger partial charge in [0.2, 0.25) is 5.82 Å². The van der Waals surface area contributed by atoms with Gasteiger partial charge in [-0.15, -0.1) is 0 Å². The van der Waals surface area contributed by atoms with Gasteiger partial charge >= 0.3 is 24.0 Å². The smallest absolute Gasteiger partial charge is 0.400 e. The summed E-state index contributed by atoms with van der Waals surface area (Å²) in [5.74, 6) is -7.87. The first-order valence-electron chi connectivity index (χ1n) is 13.7. The number of rotatable bonds is 18. The van der Waals surface area contributed by atoms with Gasteiger partial charge in [-0.1, -0.05) is 25.3 Å². The van der Waals surface area contributed by atoms with E-state index in [0.717, 1.165) is 24.3 Å². The van der Waals surface area contributed by atoms with Gasteiger partial charge in [0.1, 0.15) is 0 Å². The van der Waals surface area contributed by atoms with Gasteiger partial charge < -0.3 is 23.7 Å². The number of carbonyl (C=O) groups excluding carboxylic acids is 3. The van der Waals surface area contributed by atoms with E-state index in [1.807, 2.05) is 12.2 Å². The maximum absolute atomic E-state index is 14.8. The molecule has 0 unspecified atom stereocenters. The minimum Gasteiger partial charge on any atom is -0.463 e. The van der Waals surface area contributed by atoms with Crippen molar-refractivity contribution in [3.8, 4) is 5.75 Å². The van der Waals surface area contributed by atoms with Gasteiger partial charge in [-0.25, -0.2) is 18.8 Å². The monoisotopic (exact) mass is 600 g/mol. The summed E-state index contributed by atoms with van der Waals surface area (Å²) < 4.78 is 83.6. The molecule has 1 fully saturated rings. The van der Waals surface area contributed by atoms with Crippen LogP contribution < -0.4 is 4.74 Å². The molecular weight excluding hydrogens is 564 g/mol. The quantitative estimate of drug-likeness (QED) is 0.0488. The number of hydrogen-bond acceptors (Lipinski definition) is 8. The summed E-state index contributed by atoms with van der Waals surface area (Å²) in [5.41, 5.74) is -0.759. The highest BCUT2D eigenvalue weighted by atomic mass is 19.3. The van der Waals surface area contributed by atoms with E-state index in [9.17, 15) is 31.9 Å². The number of halogens is 4. The molecule has 0 saturated heterocycles. The Morgan fingerprint density at radius 2 is 1.38 bits per heavy atom. The Kier molecular flexibility index (Phi) is 14.8. The van der Waals surface area contributed by atoms with Crippen LogP contribution in [0.3, 0.4) is 0 Å². The van der Waals surface area contributed by atoms with Crippen LogP contribution in [0.2, 0.25) is 0 Å². The zero-order valence-corrected chi connectivity index (χ0v) is 23.3. The highest BCUT2D eigenvalue weighted by Gasteiger charge is 2.45. The molecule has 0 heterocycles. The third kappa shape index (κ3) is 11.7. The summed E-state index contributed by atoms with van der Waals surface area (Å²) in [6, 6.07) is 1.59. The van der Waals surface area contributed by atoms with Gasteiger partial charge in [0.15, 0.2) is 11.6 Å². The molecule has 0 aliphatic heterocycles. The fraction of sp³-hybridized carbons (Fsp3) is 0.500. The Morgan fingerprint density at radius 1 is 0.810 bits per heavy atom. The number of alkyl halides is 2. The molecule has 1 saturated carbocycles. The summed E-state index contributed by atoms with van der Waals surface area (Å²) in [6.45, 7) is 7.11. The SMILES string of the molecule is C=CC(=O)OCCC=CCCOC1CCC(C(F)(F)Oc2ccc(C(=O)OCCCCOC(=O)C=C)c(F)c2F)CC1. The van der Waals surface area contributed by atoms with E-state index in [1.54, 1.807) is 0 Å². The van der Waals surface area contributed by atoms with Crippen molar-refractivity contribution in [1.82, 2.24) is 0 Å². The average Bonchev–Trinajstić information content (AvgIpc) is 2.98. The van der Waals surface area contributed by atoms with Gasteiger partial charge in [0.05, 0.1) is 44.0 Å². The fourth-order valence-corrected chi connectivity index (χ4v) is 4.07. The predicted octanol–water partition coefficient (Wildman–Crippen LogP) is 6.24. The Labute approximate surface area is 242 Å². The van der Waals surface area contributed by atoms with Crippen LogP contribution in [-0.4, -0.2) is 56.5 Å². The molecule has 42 heavy (non-hydrogen) atoms. The Hall–Kier alpha value is -3.67. The zero-order valence-electron chi connectivity index (χ0n) is 23.3. The number of unbranched alkanes of at least 4 members (excludes halogenated alkanes) is 1. The zero-order chi connectivity index (χ0) is 31.0. The number of carbonyl (C=O) groups is 3. The largest absolute Gasteiger partial charge is 0.463 e. The molecule has 232 valence electrons. The van der Waals surface area contributed by atoms with Crippen molar-refractivity contribution in [2.45, 2.75) is 63.6 Å². The number of benzene rings is 1. The maximum Gasteiger partial charge on any atom is 0.400 e. The van der Waals surface area contributed by atoms with Gasteiger partial charge in [0, 0.05) is 12.2 Å². The molecule has 0 atom stereocenters. The molecule has 1 aliphatic rings. The van der Waals surface area contributed by atoms with Crippen molar-refractivity contribution < 1.29 is 55.6 Å². The molecule has 2 rings (SSSR count). The first-order chi connectivity index (χ1) is 20.1. The van der Waals surface area contributed by atoms with E-state index in [-0.39, 0.29) is 45.2 Å². The molecule has 0 N–H and O–H groups in total. The van der Waals surface area contributed by atoms with E-state index < -0.39 is 52.9 Å². The maximum atomic E-state index is 14.8. The first-order valence-corrected chi connectivity index (χ1v) is 13.7. The summed E-state index contributed by atoms with van der Waals surface area (Å²) >= 11 is 0. The second kappa shape index (κ2) is 18.0. The van der Waals surface area contributed by atoms with Crippen molar-refractivity contribution >= 4 is 17.9 Å². The second-order valence-corrected chi connectivity index (χ2v) is 9.38. The Balaban J connectivity index is 1.75. The van der Waals surface area contributed by atoms with Crippen LogP contribution in [0, 0.1) is 17.6 Å². The molecule has 0 amide bonds. The van der Waals surface area contributed by atoms with Gasteiger partial charge in [-0.2, -0.15) is 13.2 Å². The van der Waals surface area contributed by atoms with E-state index in [1.165, 1.54) is 0 Å². The number of ether oxygens (including phenoxy) is 5. The van der Waals surface area contributed by atoms with Gasteiger partial charge in [0.25, 0.3) is 0 Å². The van der Waals surface area contributed by atoms with Crippen LogP contribution in [0.25, 0.3) is 0 Å². The molecule has 1 aliphatic carbocycles. The third-order valence-corrected chi connectivity index (χ3v) is 6.35. The molecule has 1 aromatic rings. The molecule has 1 aromatic carbocycles. The van der Waals surface area contributed by atoms with Crippen LogP contribution in [0.15, 0.2) is 49.6 Å². The predicted molar refractivity (Wildman–Crippen MR) is 144 cm³/mol.